The van der Waals surface area contributed by atoms with Crippen molar-refractivity contribution < 1.29 is 19.1 Å². The Bertz CT molecular complexity index is 1110. The normalized spacial score (nSPS) is 12.3. The van der Waals surface area contributed by atoms with Crippen LogP contribution in [0, 0.1) is 0 Å². The van der Waals surface area contributed by atoms with Gasteiger partial charge >= 0.3 is 6.09 Å². The zero-order valence-electron chi connectivity index (χ0n) is 18.4. The van der Waals surface area contributed by atoms with Crippen LogP contribution in [0.15, 0.2) is 89.4 Å². The highest BCUT2D eigenvalue weighted by atomic mass is 79.9. The number of primary amides is 1. The standard InChI is InChI=1S/C26H26BrN3O4/c27-21-13-7-12-20(14-21)16-22(24(28)31)29-25(32)23(15-18-8-3-1-4-9-18)30-26(33)34-17-19-10-5-2-6-11-19/h1-14,22-23H,15-17H2,(H2,28,31)(H,29,32)(H,30,33)/t22-,23-/m0/s1. The number of amides is 3. The highest BCUT2D eigenvalue weighted by Crippen LogP contribution is 2.13. The van der Waals surface area contributed by atoms with Crippen molar-refractivity contribution in [3.63, 3.8) is 0 Å². The number of carbonyl (C=O) groups excluding carboxylic acids is 3. The number of benzene rings is 3. The fourth-order valence-electron chi connectivity index (χ4n) is 3.36. The lowest BCUT2D eigenvalue weighted by atomic mass is 10.0. The summed E-state index contributed by atoms with van der Waals surface area (Å²) in [6, 6.07) is 24.0. The van der Waals surface area contributed by atoms with Crippen LogP contribution in [0.5, 0.6) is 0 Å². The van der Waals surface area contributed by atoms with Crippen molar-refractivity contribution in [3.05, 3.63) is 106 Å². The Labute approximate surface area is 206 Å². The van der Waals surface area contributed by atoms with Crippen LogP contribution >= 0.6 is 15.9 Å². The first-order chi connectivity index (χ1) is 16.4. The van der Waals surface area contributed by atoms with Gasteiger partial charge < -0.3 is 21.1 Å². The Hall–Kier alpha value is -3.65. The molecule has 7 nitrogen and oxygen atoms in total. The molecule has 3 aromatic rings. The van der Waals surface area contributed by atoms with E-state index in [0.717, 1.165) is 21.2 Å². The maximum atomic E-state index is 13.1. The van der Waals surface area contributed by atoms with Gasteiger partial charge in [0.05, 0.1) is 0 Å². The highest BCUT2D eigenvalue weighted by Gasteiger charge is 2.26. The molecule has 0 bridgehead atoms. The average Bonchev–Trinajstić information content (AvgIpc) is 2.83. The number of hydrogen-bond acceptors (Lipinski definition) is 4. The maximum absolute atomic E-state index is 13.1. The Morgan fingerprint density at radius 3 is 1.97 bits per heavy atom. The smallest absolute Gasteiger partial charge is 0.408 e. The molecule has 34 heavy (non-hydrogen) atoms. The zero-order valence-corrected chi connectivity index (χ0v) is 20.0. The van der Waals surface area contributed by atoms with Gasteiger partial charge in [-0.05, 0) is 28.8 Å². The largest absolute Gasteiger partial charge is 0.445 e. The molecule has 3 amide bonds. The summed E-state index contributed by atoms with van der Waals surface area (Å²) in [5.74, 6) is -1.20. The molecular formula is C26H26BrN3O4. The lowest BCUT2D eigenvalue weighted by Gasteiger charge is -2.22. The Balaban J connectivity index is 1.69. The van der Waals surface area contributed by atoms with E-state index in [2.05, 4.69) is 26.6 Å². The van der Waals surface area contributed by atoms with Gasteiger partial charge in [0.25, 0.3) is 0 Å². The highest BCUT2D eigenvalue weighted by molar-refractivity contribution is 9.10. The molecular weight excluding hydrogens is 498 g/mol. The first-order valence-corrected chi connectivity index (χ1v) is 11.6. The first kappa shape index (κ1) is 25.0. The SMILES string of the molecule is NC(=O)[C@H](Cc1cccc(Br)c1)NC(=O)[C@H](Cc1ccccc1)NC(=O)OCc1ccccc1. The maximum Gasteiger partial charge on any atom is 0.408 e. The molecule has 0 saturated heterocycles. The lowest BCUT2D eigenvalue weighted by molar-refractivity contribution is -0.128. The monoisotopic (exact) mass is 523 g/mol. The Morgan fingerprint density at radius 2 is 1.35 bits per heavy atom. The van der Waals surface area contributed by atoms with E-state index in [0.29, 0.717) is 0 Å². The molecule has 0 unspecified atom stereocenters. The van der Waals surface area contributed by atoms with Gasteiger partial charge in [-0.1, -0.05) is 88.7 Å². The second kappa shape index (κ2) is 12.6. The van der Waals surface area contributed by atoms with Crippen molar-refractivity contribution in [2.45, 2.75) is 31.5 Å². The minimum Gasteiger partial charge on any atom is -0.445 e. The predicted octanol–water partition coefficient (Wildman–Crippen LogP) is 3.50. The van der Waals surface area contributed by atoms with E-state index in [1.165, 1.54) is 0 Å². The topological polar surface area (TPSA) is 111 Å². The fraction of sp³-hybridized carbons (Fsp3) is 0.192. The summed E-state index contributed by atoms with van der Waals surface area (Å²) in [5.41, 5.74) is 8.05. The van der Waals surface area contributed by atoms with E-state index in [-0.39, 0.29) is 19.4 Å². The molecule has 0 aliphatic rings. The number of hydrogen-bond donors (Lipinski definition) is 3. The lowest BCUT2D eigenvalue weighted by Crippen LogP contribution is -2.54. The van der Waals surface area contributed by atoms with Gasteiger partial charge in [0, 0.05) is 17.3 Å². The van der Waals surface area contributed by atoms with Crippen LogP contribution in [0.2, 0.25) is 0 Å². The molecule has 2 atom stereocenters. The third-order valence-electron chi connectivity index (χ3n) is 5.09. The number of nitrogens with one attached hydrogen (secondary N) is 2. The van der Waals surface area contributed by atoms with Gasteiger partial charge in [-0.15, -0.1) is 0 Å². The first-order valence-electron chi connectivity index (χ1n) is 10.8. The molecule has 3 rings (SSSR count). The molecule has 0 aromatic heterocycles. The molecule has 0 heterocycles. The number of rotatable bonds is 10. The van der Waals surface area contributed by atoms with E-state index in [9.17, 15) is 14.4 Å². The third kappa shape index (κ3) is 8.04. The third-order valence-corrected chi connectivity index (χ3v) is 5.59. The summed E-state index contributed by atoms with van der Waals surface area (Å²) in [6.45, 7) is 0.0686. The van der Waals surface area contributed by atoms with Gasteiger partial charge in [-0.2, -0.15) is 0 Å². The molecule has 3 aromatic carbocycles. The van der Waals surface area contributed by atoms with Gasteiger partial charge in [0.1, 0.15) is 18.7 Å². The summed E-state index contributed by atoms with van der Waals surface area (Å²) >= 11 is 3.39. The summed E-state index contributed by atoms with van der Waals surface area (Å²) < 4.78 is 6.13. The van der Waals surface area contributed by atoms with Crippen molar-refractivity contribution >= 4 is 33.8 Å². The summed E-state index contributed by atoms with van der Waals surface area (Å²) in [5, 5.41) is 5.30. The van der Waals surface area contributed by atoms with Crippen LogP contribution in [0.3, 0.4) is 0 Å². The molecule has 8 heteroatoms. The molecule has 176 valence electrons. The molecule has 4 N–H and O–H groups in total. The summed E-state index contributed by atoms with van der Waals surface area (Å²) in [6.07, 6.45) is -0.297. The Morgan fingerprint density at radius 1 is 0.765 bits per heavy atom. The molecule has 0 saturated carbocycles. The van der Waals surface area contributed by atoms with Gasteiger partial charge in [0.2, 0.25) is 11.8 Å². The summed E-state index contributed by atoms with van der Waals surface area (Å²) in [4.78, 5) is 37.7. The quantitative estimate of drug-likeness (QED) is 0.377. The number of halogens is 1. The zero-order chi connectivity index (χ0) is 24.3. The predicted molar refractivity (Wildman–Crippen MR) is 133 cm³/mol. The van der Waals surface area contributed by atoms with Gasteiger partial charge in [-0.25, -0.2) is 4.79 Å². The Kier molecular flexibility index (Phi) is 9.22. The molecule has 0 fully saturated rings. The van der Waals surface area contributed by atoms with E-state index in [1.54, 1.807) is 0 Å². The number of ether oxygens (including phenoxy) is 1. The fourth-order valence-corrected chi connectivity index (χ4v) is 3.81. The van der Waals surface area contributed by atoms with Crippen molar-refractivity contribution in [1.82, 2.24) is 10.6 Å². The van der Waals surface area contributed by atoms with E-state index < -0.39 is 30.0 Å². The van der Waals surface area contributed by atoms with Crippen molar-refractivity contribution in [2.24, 2.45) is 5.73 Å². The van der Waals surface area contributed by atoms with E-state index in [1.807, 2.05) is 84.9 Å². The van der Waals surface area contributed by atoms with Crippen molar-refractivity contribution in [2.75, 3.05) is 0 Å². The summed E-state index contributed by atoms with van der Waals surface area (Å²) in [7, 11) is 0. The second-order valence-corrected chi connectivity index (χ2v) is 8.66. The minimum atomic E-state index is -0.963. The number of carbonyl (C=O) groups is 3. The van der Waals surface area contributed by atoms with Crippen molar-refractivity contribution in [3.8, 4) is 0 Å². The van der Waals surface area contributed by atoms with Crippen molar-refractivity contribution in [1.29, 1.82) is 0 Å². The number of alkyl carbamates (subject to hydrolysis) is 1. The molecule has 0 aliphatic heterocycles. The minimum absolute atomic E-state index is 0.0686. The van der Waals surface area contributed by atoms with Crippen LogP contribution in [0.4, 0.5) is 4.79 Å². The van der Waals surface area contributed by atoms with E-state index >= 15 is 0 Å². The van der Waals surface area contributed by atoms with Crippen LogP contribution < -0.4 is 16.4 Å². The van der Waals surface area contributed by atoms with Crippen LogP contribution in [0.1, 0.15) is 16.7 Å². The molecule has 0 spiro atoms. The van der Waals surface area contributed by atoms with Crippen LogP contribution in [-0.2, 0) is 33.8 Å². The molecule has 0 radical (unpaired) electrons. The van der Waals surface area contributed by atoms with Gasteiger partial charge in [-0.3, -0.25) is 9.59 Å². The number of nitrogens with two attached hydrogens (primary N) is 1. The van der Waals surface area contributed by atoms with Gasteiger partial charge in [0.15, 0.2) is 0 Å². The van der Waals surface area contributed by atoms with Crippen LogP contribution in [0.25, 0.3) is 0 Å². The second-order valence-electron chi connectivity index (χ2n) is 7.75. The molecule has 0 aliphatic carbocycles. The van der Waals surface area contributed by atoms with Crippen LogP contribution in [-0.4, -0.2) is 30.0 Å². The van der Waals surface area contributed by atoms with E-state index in [4.69, 9.17) is 10.5 Å². The average molecular weight is 524 g/mol.